The highest BCUT2D eigenvalue weighted by molar-refractivity contribution is 7.65. The Morgan fingerprint density at radius 2 is 1.95 bits per heavy atom. The molecule has 220 valence electrons. The molecule has 0 aromatic carbocycles. The van der Waals surface area contributed by atoms with Crippen LogP contribution in [0.15, 0.2) is 41.7 Å². The zero-order chi connectivity index (χ0) is 29.4. The van der Waals surface area contributed by atoms with E-state index in [1.165, 1.54) is 4.68 Å². The SMILES string of the molecule is CC1(C)C[C@H](CCCn2ccc([S+]=O)n2)CN1c1nc(-n2ccc(OCCC3(C(F)(F)F)CC3)n2)ccc1C(N)=O. The van der Waals surface area contributed by atoms with Gasteiger partial charge in [-0.3, -0.25) is 9.48 Å². The number of hydrogen-bond donors (Lipinski definition) is 1. The molecule has 4 heterocycles. The number of carbonyl (C=O) groups is 1. The number of hydrogen-bond acceptors (Lipinski definition) is 7. The molecular weight excluding hydrogens is 559 g/mol. The third kappa shape index (κ3) is 6.21. The van der Waals surface area contributed by atoms with Gasteiger partial charge in [0.2, 0.25) is 5.88 Å². The van der Waals surface area contributed by atoms with Crippen LogP contribution in [0.1, 0.15) is 62.7 Å². The largest absolute Gasteiger partial charge is 0.528 e. The van der Waals surface area contributed by atoms with Crippen LogP contribution in [-0.2, 0) is 22.4 Å². The molecule has 3 aromatic heterocycles. The van der Waals surface area contributed by atoms with Crippen molar-refractivity contribution in [3.05, 3.63) is 42.2 Å². The lowest BCUT2D eigenvalue weighted by Gasteiger charge is -2.33. The smallest absolute Gasteiger partial charge is 0.477 e. The first-order chi connectivity index (χ1) is 19.4. The highest BCUT2D eigenvalue weighted by Crippen LogP contribution is 2.59. The fourth-order valence-electron chi connectivity index (χ4n) is 5.66. The van der Waals surface area contributed by atoms with Crippen LogP contribution in [0.5, 0.6) is 5.88 Å². The second-order valence-corrected chi connectivity index (χ2v) is 12.1. The van der Waals surface area contributed by atoms with Crippen molar-refractivity contribution in [1.82, 2.24) is 24.5 Å². The Hall–Kier alpha value is -3.55. The Morgan fingerprint density at radius 3 is 2.61 bits per heavy atom. The van der Waals surface area contributed by atoms with E-state index in [2.05, 4.69) is 28.9 Å². The molecule has 0 spiro atoms. The first-order valence-electron chi connectivity index (χ1n) is 13.6. The molecule has 3 aromatic rings. The standard InChI is InChI=1S/C27H32F3N7O3S/c1-25(2)16-18(4-3-12-35-13-8-22(34-35)41-39)17-36(25)24-19(23(31)38)5-6-20(32-24)37-14-7-21(33-37)40-15-11-26(9-10-26)27(28,29)30/h5-8,13-14,18H,3-4,9-12,15-17H2,1-2H3,(H-,31,38)/p+1/t18-/m0/s1. The molecule has 2 aliphatic rings. The number of aryl methyl sites for hydroxylation is 1. The summed E-state index contributed by atoms with van der Waals surface area (Å²) in [6.07, 6.45) is 2.06. The van der Waals surface area contributed by atoms with Crippen molar-refractivity contribution in [3.8, 4) is 11.7 Å². The van der Waals surface area contributed by atoms with Gasteiger partial charge >= 0.3 is 22.9 Å². The summed E-state index contributed by atoms with van der Waals surface area (Å²) in [4.78, 5) is 19.2. The van der Waals surface area contributed by atoms with E-state index in [1.54, 1.807) is 41.3 Å². The van der Waals surface area contributed by atoms with Crippen molar-refractivity contribution in [3.63, 3.8) is 0 Å². The van der Waals surface area contributed by atoms with E-state index in [0.29, 0.717) is 52.9 Å². The summed E-state index contributed by atoms with van der Waals surface area (Å²) in [5.41, 5.74) is 4.09. The van der Waals surface area contributed by atoms with Crippen molar-refractivity contribution in [2.45, 2.75) is 75.7 Å². The highest BCUT2D eigenvalue weighted by atomic mass is 32.1. The third-order valence-corrected chi connectivity index (χ3v) is 8.52. The van der Waals surface area contributed by atoms with E-state index in [1.807, 2.05) is 0 Å². The molecule has 10 nitrogen and oxygen atoms in total. The van der Waals surface area contributed by atoms with E-state index in [4.69, 9.17) is 15.5 Å². The van der Waals surface area contributed by atoms with Crippen LogP contribution in [0.4, 0.5) is 19.0 Å². The molecule has 1 aliphatic carbocycles. The number of primary amides is 1. The molecule has 1 aliphatic heterocycles. The minimum absolute atomic E-state index is 0.0850. The topological polar surface area (TPSA) is 121 Å². The number of halogens is 3. The van der Waals surface area contributed by atoms with Crippen LogP contribution >= 0.6 is 0 Å². The maximum Gasteiger partial charge on any atom is 0.528 e. The number of nitrogens with zero attached hydrogens (tertiary/aromatic N) is 6. The maximum absolute atomic E-state index is 13.2. The molecule has 5 rings (SSSR count). The van der Waals surface area contributed by atoms with E-state index in [0.717, 1.165) is 19.3 Å². The Balaban J connectivity index is 1.26. The predicted octanol–water partition coefficient (Wildman–Crippen LogP) is 4.55. The fraction of sp³-hybridized carbons (Fsp3) is 0.556. The predicted molar refractivity (Wildman–Crippen MR) is 145 cm³/mol. The molecule has 1 amide bonds. The zero-order valence-electron chi connectivity index (χ0n) is 22.9. The second kappa shape index (κ2) is 11.0. The molecule has 2 fully saturated rings. The Labute approximate surface area is 239 Å². The lowest BCUT2D eigenvalue weighted by Crippen LogP contribution is -2.40. The zero-order valence-corrected chi connectivity index (χ0v) is 23.7. The lowest BCUT2D eigenvalue weighted by atomic mass is 9.93. The molecule has 41 heavy (non-hydrogen) atoms. The summed E-state index contributed by atoms with van der Waals surface area (Å²) in [5, 5.41) is 9.02. The average Bonchev–Trinajstić information content (AvgIpc) is 3.22. The van der Waals surface area contributed by atoms with Crippen LogP contribution in [0.2, 0.25) is 0 Å². The van der Waals surface area contributed by atoms with E-state index in [9.17, 15) is 22.2 Å². The molecule has 0 radical (unpaired) electrons. The van der Waals surface area contributed by atoms with Gasteiger partial charge in [-0.05, 0) is 70.4 Å². The number of aromatic nitrogens is 5. The van der Waals surface area contributed by atoms with Gasteiger partial charge in [-0.1, -0.05) is 0 Å². The number of carbonyl (C=O) groups excluding carboxylic acids is 1. The van der Waals surface area contributed by atoms with E-state index < -0.39 is 17.5 Å². The lowest BCUT2D eigenvalue weighted by molar-refractivity contribution is -0.190. The quantitative estimate of drug-likeness (QED) is 0.307. The number of amides is 1. The van der Waals surface area contributed by atoms with Gasteiger partial charge < -0.3 is 15.4 Å². The number of nitrogens with two attached hydrogens (primary N) is 1. The number of rotatable bonds is 12. The van der Waals surface area contributed by atoms with Gasteiger partial charge in [0.15, 0.2) is 5.82 Å². The van der Waals surface area contributed by atoms with Gasteiger partial charge in [0, 0.05) is 47.4 Å². The molecule has 0 bridgehead atoms. The van der Waals surface area contributed by atoms with Crippen molar-refractivity contribution in [2.75, 3.05) is 18.1 Å². The second-order valence-electron chi connectivity index (χ2n) is 11.5. The summed E-state index contributed by atoms with van der Waals surface area (Å²) < 4.78 is 59.3. The van der Waals surface area contributed by atoms with Crippen molar-refractivity contribution in [1.29, 1.82) is 0 Å². The molecule has 1 atom stereocenters. The average molecular weight is 593 g/mol. The Kier molecular flexibility index (Phi) is 7.79. The third-order valence-electron chi connectivity index (χ3n) is 8.13. The van der Waals surface area contributed by atoms with E-state index >= 15 is 0 Å². The minimum atomic E-state index is -4.22. The van der Waals surface area contributed by atoms with Crippen molar-refractivity contribution < 1.29 is 26.9 Å². The van der Waals surface area contributed by atoms with Crippen molar-refractivity contribution in [2.24, 2.45) is 17.1 Å². The van der Waals surface area contributed by atoms with Gasteiger partial charge in [-0.25, -0.2) is 9.67 Å². The number of anilines is 1. The number of ether oxygens (including phenoxy) is 1. The molecule has 1 saturated carbocycles. The van der Waals surface area contributed by atoms with Crippen LogP contribution in [0, 0.1) is 11.3 Å². The monoisotopic (exact) mass is 592 g/mol. The Bertz CT molecular complexity index is 1420. The molecule has 1 saturated heterocycles. The van der Waals surface area contributed by atoms with Crippen LogP contribution < -0.4 is 15.4 Å². The van der Waals surface area contributed by atoms with Gasteiger partial charge in [0.25, 0.3) is 5.91 Å². The van der Waals surface area contributed by atoms with Gasteiger partial charge in [-0.15, -0.1) is 10.2 Å². The maximum atomic E-state index is 13.2. The van der Waals surface area contributed by atoms with Crippen LogP contribution in [0.3, 0.4) is 0 Å². The fourth-order valence-corrected chi connectivity index (χ4v) is 5.91. The number of pyridine rings is 1. The van der Waals surface area contributed by atoms with Crippen LogP contribution in [0.25, 0.3) is 5.82 Å². The van der Waals surface area contributed by atoms with Gasteiger partial charge in [0.05, 0.1) is 17.6 Å². The molecule has 2 N–H and O–H groups in total. The first kappa shape index (κ1) is 29.0. The number of alkyl halides is 3. The molecule has 0 unspecified atom stereocenters. The summed E-state index contributed by atoms with van der Waals surface area (Å²) in [6.45, 7) is 5.51. The summed E-state index contributed by atoms with van der Waals surface area (Å²) >= 11 is 0.374. The molecule has 14 heteroatoms. The normalized spacial score (nSPS) is 19.3. The summed E-state index contributed by atoms with van der Waals surface area (Å²) in [7, 11) is 0. The van der Waals surface area contributed by atoms with Crippen molar-refractivity contribution >= 4 is 23.4 Å². The molecular formula is C27H33F3N7O3S+. The van der Waals surface area contributed by atoms with Gasteiger partial charge in [-0.2, -0.15) is 13.2 Å². The minimum Gasteiger partial charge on any atom is -0.477 e. The summed E-state index contributed by atoms with van der Waals surface area (Å²) in [5.74, 6) is 0.845. The Morgan fingerprint density at radius 1 is 1.17 bits per heavy atom. The van der Waals surface area contributed by atoms with E-state index in [-0.39, 0.29) is 37.3 Å². The van der Waals surface area contributed by atoms with Crippen LogP contribution in [-0.4, -0.2) is 55.3 Å². The first-order valence-corrected chi connectivity index (χ1v) is 14.3. The van der Waals surface area contributed by atoms with Gasteiger partial charge in [0.1, 0.15) is 5.82 Å². The summed E-state index contributed by atoms with van der Waals surface area (Å²) in [6, 6.07) is 6.52. The highest BCUT2D eigenvalue weighted by Gasteiger charge is 2.62.